The molecule has 0 amide bonds. The van der Waals surface area contributed by atoms with Gasteiger partial charge in [-0.3, -0.25) is 4.98 Å². The molecule has 0 N–H and O–H groups in total. The van der Waals surface area contributed by atoms with Crippen LogP contribution in [0.5, 0.6) is 0 Å². The molecule has 1 nitrogen and oxygen atoms in total. The standard InChI is InChI=1S/C12H7Cl2FN/c13-9-6-11(14)12(16-7-9)5-8-1-3-10(15)4-2-8/h1-4,7H,5H2. The maximum atomic E-state index is 12.7. The summed E-state index contributed by atoms with van der Waals surface area (Å²) >= 11 is 11.6. The number of rotatable bonds is 2. The van der Waals surface area contributed by atoms with Crippen molar-refractivity contribution in [3.63, 3.8) is 0 Å². The second kappa shape index (κ2) is 4.81. The Balaban J connectivity index is 2.23. The summed E-state index contributed by atoms with van der Waals surface area (Å²) in [6.45, 7) is 0. The van der Waals surface area contributed by atoms with E-state index in [0.717, 1.165) is 5.56 Å². The summed E-state index contributed by atoms with van der Waals surface area (Å²) < 4.78 is 12.7. The van der Waals surface area contributed by atoms with Crippen LogP contribution in [0.15, 0.2) is 30.5 Å². The third kappa shape index (κ3) is 2.71. The van der Waals surface area contributed by atoms with Crippen LogP contribution >= 0.6 is 23.2 Å². The van der Waals surface area contributed by atoms with Crippen LogP contribution in [0, 0.1) is 11.9 Å². The van der Waals surface area contributed by atoms with Gasteiger partial charge in [-0.05, 0) is 17.7 Å². The zero-order chi connectivity index (χ0) is 11.5. The molecular formula is C12H7Cl2FN. The average Bonchev–Trinajstić information content (AvgIpc) is 2.25. The number of hydrogen-bond donors (Lipinski definition) is 0. The Labute approximate surface area is 103 Å². The van der Waals surface area contributed by atoms with Crippen molar-refractivity contribution in [3.8, 4) is 0 Å². The van der Waals surface area contributed by atoms with Crippen molar-refractivity contribution < 1.29 is 4.39 Å². The van der Waals surface area contributed by atoms with Crippen LogP contribution in [0.2, 0.25) is 10.0 Å². The molecule has 0 spiro atoms. The van der Waals surface area contributed by atoms with Gasteiger partial charge in [0.25, 0.3) is 0 Å². The first-order valence-electron chi connectivity index (χ1n) is 4.62. The second-order valence-corrected chi connectivity index (χ2v) is 4.08. The summed E-state index contributed by atoms with van der Waals surface area (Å²) in [5.74, 6) is -0.259. The largest absolute Gasteiger partial charge is 0.258 e. The Kier molecular flexibility index (Phi) is 3.42. The fourth-order valence-electron chi connectivity index (χ4n) is 1.32. The van der Waals surface area contributed by atoms with Crippen LogP contribution in [-0.4, -0.2) is 4.98 Å². The normalized spacial score (nSPS) is 10.4. The third-order valence-corrected chi connectivity index (χ3v) is 2.61. The summed E-state index contributed by atoms with van der Waals surface area (Å²) in [6.07, 6.45) is 2.03. The summed E-state index contributed by atoms with van der Waals surface area (Å²) in [4.78, 5) is 4.11. The number of nitrogens with zero attached hydrogens (tertiary/aromatic N) is 1. The van der Waals surface area contributed by atoms with Gasteiger partial charge in [0.05, 0.1) is 15.7 Å². The van der Waals surface area contributed by atoms with Gasteiger partial charge in [-0.15, -0.1) is 0 Å². The Hall–Kier alpha value is -1.12. The van der Waals surface area contributed by atoms with Crippen molar-refractivity contribution >= 4 is 23.2 Å². The fraction of sp³-hybridized carbons (Fsp3) is 0.0833. The molecule has 0 bridgehead atoms. The first kappa shape index (κ1) is 11.4. The van der Waals surface area contributed by atoms with E-state index in [1.165, 1.54) is 18.3 Å². The first-order chi connectivity index (χ1) is 7.65. The van der Waals surface area contributed by atoms with E-state index < -0.39 is 0 Å². The molecule has 1 radical (unpaired) electrons. The zero-order valence-electron chi connectivity index (χ0n) is 8.17. The summed E-state index contributed by atoms with van der Waals surface area (Å²) in [6, 6.07) is 8.97. The first-order valence-corrected chi connectivity index (χ1v) is 5.37. The Morgan fingerprint density at radius 1 is 1.19 bits per heavy atom. The van der Waals surface area contributed by atoms with Crippen LogP contribution < -0.4 is 0 Å². The molecule has 0 atom stereocenters. The monoisotopic (exact) mass is 254 g/mol. The number of benzene rings is 1. The van der Waals surface area contributed by atoms with Gasteiger partial charge in [-0.2, -0.15) is 0 Å². The van der Waals surface area contributed by atoms with Gasteiger partial charge in [0, 0.05) is 18.7 Å². The summed E-state index contributed by atoms with van der Waals surface area (Å²) in [5.41, 5.74) is 1.61. The maximum Gasteiger partial charge on any atom is 0.123 e. The summed E-state index contributed by atoms with van der Waals surface area (Å²) in [7, 11) is 0. The average molecular weight is 255 g/mol. The molecule has 16 heavy (non-hydrogen) atoms. The lowest BCUT2D eigenvalue weighted by Crippen LogP contribution is -1.93. The fourth-order valence-corrected chi connectivity index (χ4v) is 1.73. The molecule has 2 rings (SSSR count). The Morgan fingerprint density at radius 3 is 2.50 bits per heavy atom. The predicted octanol–water partition coefficient (Wildman–Crippen LogP) is 3.92. The molecule has 2 aromatic rings. The van der Waals surface area contributed by atoms with E-state index in [2.05, 4.69) is 11.1 Å². The minimum absolute atomic E-state index is 0.259. The lowest BCUT2D eigenvalue weighted by molar-refractivity contribution is 0.627. The lowest BCUT2D eigenvalue weighted by Gasteiger charge is -2.03. The van der Waals surface area contributed by atoms with Gasteiger partial charge in [0.2, 0.25) is 0 Å². The molecule has 0 aliphatic heterocycles. The second-order valence-electron chi connectivity index (χ2n) is 3.30. The number of halogens is 3. The van der Waals surface area contributed by atoms with E-state index in [0.29, 0.717) is 22.2 Å². The molecule has 0 unspecified atom stereocenters. The zero-order valence-corrected chi connectivity index (χ0v) is 9.69. The molecule has 1 heterocycles. The van der Waals surface area contributed by atoms with Crippen LogP contribution in [0.4, 0.5) is 4.39 Å². The van der Waals surface area contributed by atoms with Gasteiger partial charge < -0.3 is 0 Å². The van der Waals surface area contributed by atoms with Gasteiger partial charge in [-0.1, -0.05) is 35.3 Å². The quantitative estimate of drug-likeness (QED) is 0.792. The van der Waals surface area contributed by atoms with Crippen LogP contribution in [-0.2, 0) is 6.42 Å². The molecule has 1 aromatic carbocycles. The Bertz CT molecular complexity index is 497. The number of pyridine rings is 1. The van der Waals surface area contributed by atoms with E-state index >= 15 is 0 Å². The molecule has 0 saturated carbocycles. The molecular weight excluding hydrogens is 248 g/mol. The highest BCUT2D eigenvalue weighted by Gasteiger charge is 2.04. The predicted molar refractivity (Wildman–Crippen MR) is 62.3 cm³/mol. The molecule has 0 saturated heterocycles. The minimum Gasteiger partial charge on any atom is -0.258 e. The van der Waals surface area contributed by atoms with Crippen molar-refractivity contribution in [1.82, 2.24) is 4.98 Å². The molecule has 81 valence electrons. The Morgan fingerprint density at radius 2 is 1.88 bits per heavy atom. The van der Waals surface area contributed by atoms with Gasteiger partial charge in [0.1, 0.15) is 5.82 Å². The van der Waals surface area contributed by atoms with Gasteiger partial charge >= 0.3 is 0 Å². The van der Waals surface area contributed by atoms with E-state index in [1.54, 1.807) is 12.1 Å². The maximum absolute atomic E-state index is 12.7. The van der Waals surface area contributed by atoms with E-state index in [1.807, 2.05) is 0 Å². The number of aromatic nitrogens is 1. The highest BCUT2D eigenvalue weighted by molar-refractivity contribution is 6.34. The summed E-state index contributed by atoms with van der Waals surface area (Å²) in [5, 5.41) is 0.782. The molecule has 4 heteroatoms. The van der Waals surface area contributed by atoms with E-state index in [9.17, 15) is 4.39 Å². The van der Waals surface area contributed by atoms with Crippen molar-refractivity contribution in [2.75, 3.05) is 0 Å². The van der Waals surface area contributed by atoms with Crippen molar-refractivity contribution in [2.24, 2.45) is 0 Å². The van der Waals surface area contributed by atoms with Crippen molar-refractivity contribution in [1.29, 1.82) is 0 Å². The molecule has 0 aliphatic carbocycles. The van der Waals surface area contributed by atoms with Crippen molar-refractivity contribution in [3.05, 3.63) is 63.6 Å². The van der Waals surface area contributed by atoms with E-state index in [4.69, 9.17) is 23.2 Å². The number of hydrogen-bond acceptors (Lipinski definition) is 1. The molecule has 0 fully saturated rings. The van der Waals surface area contributed by atoms with Crippen molar-refractivity contribution in [2.45, 2.75) is 6.42 Å². The lowest BCUT2D eigenvalue weighted by atomic mass is 10.1. The topological polar surface area (TPSA) is 12.9 Å². The van der Waals surface area contributed by atoms with Gasteiger partial charge in [-0.25, -0.2) is 4.39 Å². The van der Waals surface area contributed by atoms with Crippen LogP contribution in [0.3, 0.4) is 0 Å². The molecule has 1 aromatic heterocycles. The highest BCUT2D eigenvalue weighted by Crippen LogP contribution is 2.20. The molecule has 0 aliphatic rings. The third-order valence-electron chi connectivity index (χ3n) is 2.10. The van der Waals surface area contributed by atoms with E-state index in [-0.39, 0.29) is 5.82 Å². The smallest absolute Gasteiger partial charge is 0.123 e. The van der Waals surface area contributed by atoms with Crippen LogP contribution in [0.1, 0.15) is 11.3 Å². The van der Waals surface area contributed by atoms with Crippen LogP contribution in [0.25, 0.3) is 0 Å². The highest BCUT2D eigenvalue weighted by atomic mass is 35.5. The minimum atomic E-state index is -0.259. The SMILES string of the molecule is Fc1ccc(Cc2ncc(Cl)[c]c2Cl)cc1. The van der Waals surface area contributed by atoms with Gasteiger partial charge in [0.15, 0.2) is 0 Å².